The van der Waals surface area contributed by atoms with Gasteiger partial charge in [-0.1, -0.05) is 146 Å². The molecule has 13 rings (SSSR count). The molecule has 4 aromatic heterocycles. The number of para-hydroxylation sites is 1. The van der Waals surface area contributed by atoms with E-state index in [0.717, 1.165) is 61.3 Å². The number of fused-ring (bicyclic) bond motifs is 12. The molecule has 0 saturated heterocycles. The van der Waals surface area contributed by atoms with E-state index in [1.54, 1.807) is 0 Å². The lowest BCUT2D eigenvalue weighted by molar-refractivity contribution is 1.08. The Balaban J connectivity index is 0.979. The van der Waals surface area contributed by atoms with Crippen molar-refractivity contribution in [2.45, 2.75) is 0 Å². The summed E-state index contributed by atoms with van der Waals surface area (Å²) >= 11 is 0. The summed E-state index contributed by atoms with van der Waals surface area (Å²) in [7, 11) is 0. The highest BCUT2D eigenvalue weighted by Gasteiger charge is 2.19. The third-order valence-electron chi connectivity index (χ3n) is 12.8. The van der Waals surface area contributed by atoms with Gasteiger partial charge in [0.05, 0.1) is 34.0 Å². The summed E-state index contributed by atoms with van der Waals surface area (Å²) < 4.78 is 4.70. The standard InChI is InChI=1S/C58H36N4/c1-3-13-37(14-4-1)41-33-53(38-15-5-2-6-16-38)60-58(34-41)62-56-28-24-40(32-52(56)49-29-30-59-36-57(49)62)39-23-27-55-51(31-39)48-21-11-12-22-54(48)61(55)42-25-26-47-45-19-8-7-17-43(45)44-18-9-10-20-46(44)50(47)35-42/h1-36H. The van der Waals surface area contributed by atoms with Gasteiger partial charge in [-0.05, 0) is 115 Å². The van der Waals surface area contributed by atoms with Crippen LogP contribution in [0, 0.1) is 0 Å². The molecule has 0 unspecified atom stereocenters. The lowest BCUT2D eigenvalue weighted by Crippen LogP contribution is -2.00. The molecule has 0 amide bonds. The summed E-state index contributed by atoms with van der Waals surface area (Å²) in [5.74, 6) is 0.857. The van der Waals surface area contributed by atoms with E-state index in [2.05, 4.69) is 214 Å². The lowest BCUT2D eigenvalue weighted by Gasteiger charge is -2.14. The van der Waals surface area contributed by atoms with E-state index in [9.17, 15) is 0 Å². The molecule has 0 N–H and O–H groups in total. The minimum absolute atomic E-state index is 0.857. The fourth-order valence-corrected chi connectivity index (χ4v) is 9.94. The van der Waals surface area contributed by atoms with E-state index < -0.39 is 0 Å². The van der Waals surface area contributed by atoms with Crippen LogP contribution in [0.2, 0.25) is 0 Å². The summed E-state index contributed by atoms with van der Waals surface area (Å²) in [6.07, 6.45) is 3.86. The zero-order valence-corrected chi connectivity index (χ0v) is 33.6. The zero-order valence-electron chi connectivity index (χ0n) is 33.6. The fourth-order valence-electron chi connectivity index (χ4n) is 9.94. The highest BCUT2D eigenvalue weighted by molar-refractivity contribution is 6.25. The molecule has 0 fully saturated rings. The van der Waals surface area contributed by atoms with Gasteiger partial charge in [0.25, 0.3) is 0 Å². The number of aromatic nitrogens is 4. The second-order valence-electron chi connectivity index (χ2n) is 16.2. The Hall–Kier alpha value is -8.34. The topological polar surface area (TPSA) is 35.6 Å². The molecule has 4 heteroatoms. The summed E-state index contributed by atoms with van der Waals surface area (Å²) in [6, 6.07) is 74.7. The average molecular weight is 789 g/mol. The van der Waals surface area contributed by atoms with E-state index in [1.165, 1.54) is 59.7 Å². The van der Waals surface area contributed by atoms with Crippen LogP contribution in [0.1, 0.15) is 0 Å². The van der Waals surface area contributed by atoms with E-state index in [4.69, 9.17) is 4.98 Å². The molecule has 0 bridgehead atoms. The Bertz CT molecular complexity index is 3820. The molecule has 9 aromatic carbocycles. The van der Waals surface area contributed by atoms with E-state index in [0.29, 0.717) is 0 Å². The largest absolute Gasteiger partial charge is 0.309 e. The van der Waals surface area contributed by atoms with Crippen molar-refractivity contribution in [1.29, 1.82) is 0 Å². The van der Waals surface area contributed by atoms with Crippen LogP contribution >= 0.6 is 0 Å². The molecule has 0 spiro atoms. The monoisotopic (exact) mass is 788 g/mol. The molecular weight excluding hydrogens is 753 g/mol. The van der Waals surface area contributed by atoms with Crippen LogP contribution in [0.15, 0.2) is 219 Å². The van der Waals surface area contributed by atoms with Crippen molar-refractivity contribution < 1.29 is 0 Å². The SMILES string of the molecule is c1ccc(-c2cc(-c3ccccc3)nc(-n3c4ccc(-c5ccc6c(c5)c5ccccc5n6-c5ccc6c7ccccc7c7ccccc7c6c5)cc4c4ccncc43)c2)cc1. The van der Waals surface area contributed by atoms with Gasteiger partial charge in [0.15, 0.2) is 0 Å². The summed E-state index contributed by atoms with van der Waals surface area (Å²) in [5, 5.41) is 12.4. The Labute approximate surface area is 357 Å². The first-order valence-electron chi connectivity index (χ1n) is 21.1. The van der Waals surface area contributed by atoms with Crippen LogP contribution in [-0.2, 0) is 0 Å². The maximum Gasteiger partial charge on any atom is 0.138 e. The van der Waals surface area contributed by atoms with Crippen molar-refractivity contribution in [3.05, 3.63) is 219 Å². The number of hydrogen-bond acceptors (Lipinski definition) is 2. The number of pyridine rings is 2. The number of rotatable bonds is 5. The predicted molar refractivity (Wildman–Crippen MR) is 260 cm³/mol. The van der Waals surface area contributed by atoms with Gasteiger partial charge in [0.1, 0.15) is 5.82 Å². The third kappa shape index (κ3) is 5.27. The van der Waals surface area contributed by atoms with E-state index >= 15 is 0 Å². The first kappa shape index (κ1) is 34.5. The Morgan fingerprint density at radius 3 is 1.50 bits per heavy atom. The minimum Gasteiger partial charge on any atom is -0.309 e. The summed E-state index contributed by atoms with van der Waals surface area (Å²) in [5.41, 5.74) is 12.2. The molecule has 288 valence electrons. The second kappa shape index (κ2) is 13.6. The molecule has 0 aliphatic carbocycles. The minimum atomic E-state index is 0.857. The van der Waals surface area contributed by atoms with E-state index in [-0.39, 0.29) is 0 Å². The second-order valence-corrected chi connectivity index (χ2v) is 16.2. The Morgan fingerprint density at radius 1 is 0.290 bits per heavy atom. The van der Waals surface area contributed by atoms with Gasteiger partial charge in [-0.15, -0.1) is 0 Å². The van der Waals surface area contributed by atoms with Crippen LogP contribution in [-0.4, -0.2) is 19.1 Å². The van der Waals surface area contributed by atoms with Gasteiger partial charge in [0.2, 0.25) is 0 Å². The molecule has 62 heavy (non-hydrogen) atoms. The smallest absolute Gasteiger partial charge is 0.138 e. The highest BCUT2D eigenvalue weighted by Crippen LogP contribution is 2.41. The van der Waals surface area contributed by atoms with Crippen molar-refractivity contribution in [1.82, 2.24) is 19.1 Å². The number of hydrogen-bond donors (Lipinski definition) is 0. The molecule has 4 nitrogen and oxygen atoms in total. The van der Waals surface area contributed by atoms with Gasteiger partial charge in [-0.25, -0.2) is 4.98 Å². The van der Waals surface area contributed by atoms with Crippen LogP contribution < -0.4 is 0 Å². The molecule has 0 saturated carbocycles. The predicted octanol–water partition coefficient (Wildman–Crippen LogP) is 15.1. The fraction of sp³-hybridized carbons (Fsp3) is 0. The molecule has 0 aliphatic heterocycles. The molecule has 0 atom stereocenters. The van der Waals surface area contributed by atoms with Crippen molar-refractivity contribution >= 4 is 75.9 Å². The van der Waals surface area contributed by atoms with Crippen molar-refractivity contribution in [2.75, 3.05) is 0 Å². The van der Waals surface area contributed by atoms with Crippen LogP contribution in [0.5, 0.6) is 0 Å². The highest BCUT2D eigenvalue weighted by atomic mass is 15.1. The van der Waals surface area contributed by atoms with Gasteiger partial charge in [0, 0.05) is 39.0 Å². The van der Waals surface area contributed by atoms with Crippen LogP contribution in [0.25, 0.3) is 121 Å². The summed E-state index contributed by atoms with van der Waals surface area (Å²) in [4.78, 5) is 9.94. The number of nitrogens with zero attached hydrogens (tertiary/aromatic N) is 4. The van der Waals surface area contributed by atoms with Crippen LogP contribution in [0.4, 0.5) is 0 Å². The Morgan fingerprint density at radius 2 is 0.823 bits per heavy atom. The number of benzene rings is 9. The summed E-state index contributed by atoms with van der Waals surface area (Å²) in [6.45, 7) is 0. The van der Waals surface area contributed by atoms with Gasteiger partial charge in [-0.2, -0.15) is 0 Å². The van der Waals surface area contributed by atoms with Crippen LogP contribution in [0.3, 0.4) is 0 Å². The average Bonchev–Trinajstić information content (AvgIpc) is 3.86. The van der Waals surface area contributed by atoms with Crippen molar-refractivity contribution in [3.63, 3.8) is 0 Å². The molecule has 13 aromatic rings. The first-order valence-corrected chi connectivity index (χ1v) is 21.1. The Kier molecular flexibility index (Phi) is 7.57. The van der Waals surface area contributed by atoms with E-state index in [1.807, 2.05) is 18.5 Å². The maximum absolute atomic E-state index is 5.32. The van der Waals surface area contributed by atoms with Gasteiger partial charge in [-0.3, -0.25) is 9.55 Å². The molecular formula is C58H36N4. The molecule has 4 heterocycles. The lowest BCUT2D eigenvalue weighted by atomic mass is 9.94. The molecule has 0 radical (unpaired) electrons. The molecule has 0 aliphatic rings. The van der Waals surface area contributed by atoms with Crippen molar-refractivity contribution in [3.8, 4) is 45.0 Å². The maximum atomic E-state index is 5.32. The quantitative estimate of drug-likeness (QED) is 0.163. The normalized spacial score (nSPS) is 11.9. The van der Waals surface area contributed by atoms with Crippen molar-refractivity contribution in [2.24, 2.45) is 0 Å². The third-order valence-corrected chi connectivity index (χ3v) is 12.8. The first-order chi connectivity index (χ1) is 30.7. The van der Waals surface area contributed by atoms with Gasteiger partial charge < -0.3 is 4.57 Å². The zero-order chi connectivity index (χ0) is 40.7. The van der Waals surface area contributed by atoms with Gasteiger partial charge >= 0.3 is 0 Å².